The predicted octanol–water partition coefficient (Wildman–Crippen LogP) is 4.20. The molecule has 1 heterocycles. The lowest BCUT2D eigenvalue weighted by Gasteiger charge is -2.15. The van der Waals surface area contributed by atoms with Crippen molar-refractivity contribution in [3.05, 3.63) is 66.2 Å². The average molecular weight is 317 g/mol. The monoisotopic (exact) mass is 317 g/mol. The highest BCUT2D eigenvalue weighted by atomic mass is 32.1. The van der Waals surface area contributed by atoms with Gasteiger partial charge in [0.15, 0.2) is 0 Å². The minimum atomic E-state index is 0.319. The fraction of sp³-hybridized carbons (Fsp3) is 0.0526. The second-order valence-corrected chi connectivity index (χ2v) is 5.33. The summed E-state index contributed by atoms with van der Waals surface area (Å²) in [6.45, 7) is 0. The fourth-order valence-electron chi connectivity index (χ4n) is 2.38. The number of nitriles is 1. The highest BCUT2D eigenvalue weighted by molar-refractivity contribution is 7.58. The van der Waals surface area contributed by atoms with E-state index in [0.717, 1.165) is 28.1 Å². The predicted molar refractivity (Wildman–Crippen MR) is 92.0 cm³/mol. The van der Waals surface area contributed by atoms with Gasteiger partial charge in [-0.15, -0.1) is 0 Å². The van der Waals surface area contributed by atoms with Gasteiger partial charge in [0.25, 0.3) is 0 Å². The van der Waals surface area contributed by atoms with E-state index in [1.54, 1.807) is 7.11 Å². The molecule has 0 fully saturated rings. The number of ether oxygens (including phenoxy) is 1. The standard InChI is InChI=1S/C19H14N2OS/c1-22-15-9-7-14(8-10-15)18-11-16(13-5-3-2-4-6-13)17(12-20)19(23)21-18/h2-11H,1H3,(H,21,23)/p-1. The Kier molecular flexibility index (Phi) is 4.22. The molecular formula is C19H13N2OS-. The van der Waals surface area contributed by atoms with E-state index < -0.39 is 0 Å². The van der Waals surface area contributed by atoms with Crippen molar-refractivity contribution in [2.24, 2.45) is 0 Å². The van der Waals surface area contributed by atoms with Crippen LogP contribution in [0.1, 0.15) is 5.56 Å². The number of nitrogens with zero attached hydrogens (tertiary/aromatic N) is 2. The van der Waals surface area contributed by atoms with Crippen molar-refractivity contribution >= 4 is 12.6 Å². The zero-order chi connectivity index (χ0) is 16.2. The summed E-state index contributed by atoms with van der Waals surface area (Å²) in [4.78, 5) is 4.41. The molecule has 0 radical (unpaired) electrons. The van der Waals surface area contributed by atoms with E-state index in [4.69, 9.17) is 17.4 Å². The molecule has 0 atom stereocenters. The molecule has 0 spiro atoms. The van der Waals surface area contributed by atoms with Crippen molar-refractivity contribution in [2.45, 2.75) is 5.03 Å². The lowest BCUT2D eigenvalue weighted by atomic mass is 9.99. The number of rotatable bonds is 3. The first-order chi connectivity index (χ1) is 11.2. The topological polar surface area (TPSA) is 45.9 Å². The third kappa shape index (κ3) is 3.01. The van der Waals surface area contributed by atoms with Crippen molar-refractivity contribution < 1.29 is 4.74 Å². The summed E-state index contributed by atoms with van der Waals surface area (Å²) in [6.07, 6.45) is 0. The lowest BCUT2D eigenvalue weighted by molar-refractivity contribution is 0.415. The number of aromatic nitrogens is 1. The Balaban J connectivity index is 2.16. The zero-order valence-corrected chi connectivity index (χ0v) is 13.3. The zero-order valence-electron chi connectivity index (χ0n) is 12.5. The van der Waals surface area contributed by atoms with Crippen LogP contribution in [0.25, 0.3) is 22.4 Å². The Morgan fingerprint density at radius 3 is 2.30 bits per heavy atom. The van der Waals surface area contributed by atoms with E-state index in [1.807, 2.05) is 60.7 Å². The highest BCUT2D eigenvalue weighted by Crippen LogP contribution is 2.30. The third-order valence-corrected chi connectivity index (χ3v) is 3.86. The first-order valence-electron chi connectivity index (χ1n) is 7.05. The summed E-state index contributed by atoms with van der Waals surface area (Å²) in [6, 6.07) is 21.4. The van der Waals surface area contributed by atoms with Gasteiger partial charge in [0, 0.05) is 11.1 Å². The molecule has 3 aromatic rings. The summed E-state index contributed by atoms with van der Waals surface area (Å²) >= 11 is 5.32. The molecule has 0 N–H and O–H groups in total. The van der Waals surface area contributed by atoms with Gasteiger partial charge >= 0.3 is 0 Å². The fourth-order valence-corrected chi connectivity index (χ4v) is 2.64. The molecule has 1 aromatic heterocycles. The summed E-state index contributed by atoms with van der Waals surface area (Å²) in [5.74, 6) is 0.782. The Labute approximate surface area is 140 Å². The molecule has 4 heteroatoms. The molecule has 0 saturated carbocycles. The molecular weight excluding hydrogens is 304 g/mol. The molecule has 23 heavy (non-hydrogen) atoms. The van der Waals surface area contributed by atoms with Crippen molar-refractivity contribution in [1.29, 1.82) is 5.26 Å². The third-order valence-electron chi connectivity index (χ3n) is 3.57. The van der Waals surface area contributed by atoms with Gasteiger partial charge in [0.05, 0.1) is 24.4 Å². The van der Waals surface area contributed by atoms with Gasteiger partial charge in [-0.3, -0.25) is 4.98 Å². The van der Waals surface area contributed by atoms with Gasteiger partial charge < -0.3 is 17.4 Å². The van der Waals surface area contributed by atoms with Crippen LogP contribution in [-0.4, -0.2) is 12.1 Å². The van der Waals surface area contributed by atoms with Crippen LogP contribution in [0.15, 0.2) is 65.7 Å². The molecule has 0 aliphatic rings. The molecule has 0 amide bonds. The number of hydrogen-bond acceptors (Lipinski definition) is 4. The van der Waals surface area contributed by atoms with Gasteiger partial charge in [0.1, 0.15) is 5.75 Å². The summed E-state index contributed by atoms with van der Waals surface area (Å²) in [5, 5.41) is 9.74. The highest BCUT2D eigenvalue weighted by Gasteiger charge is 2.09. The number of benzene rings is 2. The largest absolute Gasteiger partial charge is 0.759 e. The molecule has 0 bridgehead atoms. The SMILES string of the molecule is COc1ccc(-c2cc(-c3ccccc3)c(C#N)c([S-])n2)cc1. The van der Waals surface area contributed by atoms with Crippen molar-refractivity contribution in [3.63, 3.8) is 0 Å². The maximum atomic E-state index is 9.42. The minimum Gasteiger partial charge on any atom is -0.759 e. The Morgan fingerprint density at radius 1 is 1.00 bits per heavy atom. The van der Waals surface area contributed by atoms with Crippen LogP contribution >= 0.6 is 0 Å². The van der Waals surface area contributed by atoms with E-state index in [-0.39, 0.29) is 0 Å². The van der Waals surface area contributed by atoms with E-state index in [2.05, 4.69) is 11.1 Å². The molecule has 3 rings (SSSR count). The van der Waals surface area contributed by atoms with Gasteiger partial charge in [-0.25, -0.2) is 0 Å². The number of pyridine rings is 1. The molecule has 0 saturated heterocycles. The molecule has 0 unspecified atom stereocenters. The molecule has 112 valence electrons. The second kappa shape index (κ2) is 6.47. The molecule has 0 aliphatic heterocycles. The van der Waals surface area contributed by atoms with E-state index in [9.17, 15) is 5.26 Å². The maximum Gasteiger partial charge on any atom is 0.118 e. The smallest absolute Gasteiger partial charge is 0.118 e. The Hall–Kier alpha value is -2.90. The van der Waals surface area contributed by atoms with Gasteiger partial charge in [-0.05, 0) is 35.9 Å². The Bertz CT molecular complexity index is 868. The summed E-state index contributed by atoms with van der Waals surface area (Å²) in [5.41, 5.74) is 3.86. The van der Waals surface area contributed by atoms with Gasteiger partial charge in [-0.2, -0.15) is 5.26 Å². The normalized spacial score (nSPS) is 10.1. The van der Waals surface area contributed by atoms with Crippen LogP contribution in [0.2, 0.25) is 0 Å². The summed E-state index contributed by atoms with van der Waals surface area (Å²) in [7, 11) is 1.63. The lowest BCUT2D eigenvalue weighted by Crippen LogP contribution is -1.95. The average Bonchev–Trinajstić information content (AvgIpc) is 2.62. The van der Waals surface area contributed by atoms with E-state index in [1.165, 1.54) is 0 Å². The minimum absolute atomic E-state index is 0.319. The van der Waals surface area contributed by atoms with Crippen LogP contribution in [0.4, 0.5) is 0 Å². The molecule has 0 aliphatic carbocycles. The van der Waals surface area contributed by atoms with E-state index in [0.29, 0.717) is 10.6 Å². The summed E-state index contributed by atoms with van der Waals surface area (Å²) < 4.78 is 5.17. The van der Waals surface area contributed by atoms with Crippen molar-refractivity contribution in [1.82, 2.24) is 4.98 Å². The maximum absolute atomic E-state index is 9.42. The van der Waals surface area contributed by atoms with E-state index >= 15 is 0 Å². The van der Waals surface area contributed by atoms with Gasteiger partial charge in [0.2, 0.25) is 0 Å². The van der Waals surface area contributed by atoms with Gasteiger partial charge in [-0.1, -0.05) is 35.4 Å². The number of hydrogen-bond donors (Lipinski definition) is 0. The van der Waals surface area contributed by atoms with Crippen molar-refractivity contribution in [2.75, 3.05) is 7.11 Å². The van der Waals surface area contributed by atoms with Crippen LogP contribution < -0.4 is 4.74 Å². The first-order valence-corrected chi connectivity index (χ1v) is 7.45. The quantitative estimate of drug-likeness (QED) is 0.679. The molecule has 2 aromatic carbocycles. The van der Waals surface area contributed by atoms with Crippen LogP contribution in [0, 0.1) is 11.3 Å². The second-order valence-electron chi connectivity index (χ2n) is 4.94. The first kappa shape index (κ1) is 15.0. The van der Waals surface area contributed by atoms with Crippen molar-refractivity contribution in [3.8, 4) is 34.2 Å². The van der Waals surface area contributed by atoms with Crippen LogP contribution in [-0.2, 0) is 12.6 Å². The van der Waals surface area contributed by atoms with Crippen LogP contribution in [0.3, 0.4) is 0 Å². The van der Waals surface area contributed by atoms with Crippen LogP contribution in [0.5, 0.6) is 5.75 Å². The molecule has 3 nitrogen and oxygen atoms in total. The number of methoxy groups -OCH3 is 1. The Morgan fingerprint density at radius 2 is 1.70 bits per heavy atom.